The van der Waals surface area contributed by atoms with Gasteiger partial charge in [-0.15, -0.1) is 11.3 Å². The van der Waals surface area contributed by atoms with Crippen LogP contribution in [0.2, 0.25) is 0 Å². The van der Waals surface area contributed by atoms with E-state index >= 15 is 0 Å². The van der Waals surface area contributed by atoms with Crippen LogP contribution in [-0.2, 0) is 17.9 Å². The van der Waals surface area contributed by atoms with E-state index in [9.17, 15) is 5.26 Å². The lowest BCUT2D eigenvalue weighted by Crippen LogP contribution is -2.45. The van der Waals surface area contributed by atoms with Crippen LogP contribution in [0.15, 0.2) is 58.5 Å². The van der Waals surface area contributed by atoms with Gasteiger partial charge in [0.15, 0.2) is 0 Å². The lowest BCUT2D eigenvalue weighted by Gasteiger charge is -2.34. The molecule has 2 aliphatic heterocycles. The summed E-state index contributed by atoms with van der Waals surface area (Å²) in [5, 5.41) is 10.3. The van der Waals surface area contributed by atoms with Gasteiger partial charge in [-0.1, -0.05) is 43.3 Å². The number of aliphatic imine (C=N–C) groups is 2. The first kappa shape index (κ1) is 23.6. The van der Waals surface area contributed by atoms with Crippen molar-refractivity contribution in [1.29, 1.82) is 5.26 Å². The Labute approximate surface area is 210 Å². The van der Waals surface area contributed by atoms with Crippen LogP contribution in [0.1, 0.15) is 35.4 Å². The minimum atomic E-state index is -0.0714. The molecule has 0 bridgehead atoms. The van der Waals surface area contributed by atoms with Gasteiger partial charge in [-0.3, -0.25) is 4.90 Å². The summed E-state index contributed by atoms with van der Waals surface area (Å²) in [6, 6.07) is 19.3. The maximum absolute atomic E-state index is 9.35. The molecule has 2 aliphatic rings. The van der Waals surface area contributed by atoms with Crippen molar-refractivity contribution in [3.63, 3.8) is 0 Å². The summed E-state index contributed by atoms with van der Waals surface area (Å²) < 4.78 is 7.06. The first-order valence-corrected chi connectivity index (χ1v) is 13.0. The second-order valence-corrected chi connectivity index (χ2v) is 10.0. The van der Waals surface area contributed by atoms with Gasteiger partial charge in [0.2, 0.25) is 0 Å². The van der Waals surface area contributed by atoms with Gasteiger partial charge in [0.25, 0.3) is 0 Å². The number of nitrogens with zero attached hydrogens (tertiary/aromatic N) is 6. The number of hydrogen-bond acceptors (Lipinski definition) is 8. The predicted octanol–water partition coefficient (Wildman–Crippen LogP) is 4.46. The Bertz CT molecular complexity index is 1220. The Balaban J connectivity index is 1.18. The number of thiazole rings is 1. The van der Waals surface area contributed by atoms with Crippen molar-refractivity contribution < 1.29 is 4.74 Å². The molecule has 180 valence electrons. The maximum atomic E-state index is 9.35. The quantitative estimate of drug-likeness (QED) is 0.493. The highest BCUT2D eigenvalue weighted by Gasteiger charge is 2.26. The van der Waals surface area contributed by atoms with E-state index in [1.165, 1.54) is 5.56 Å². The number of ether oxygens (including phenoxy) is 1. The minimum absolute atomic E-state index is 0.0714. The number of benzene rings is 2. The average molecular weight is 487 g/mol. The zero-order chi connectivity index (χ0) is 24.0. The molecular weight excluding hydrogens is 456 g/mol. The van der Waals surface area contributed by atoms with Gasteiger partial charge in [0.1, 0.15) is 11.6 Å². The summed E-state index contributed by atoms with van der Waals surface area (Å²) in [6.45, 7) is 9.81. The monoisotopic (exact) mass is 486 g/mol. The number of fused-ring (bicyclic) bond motifs is 1. The number of rotatable bonds is 7. The van der Waals surface area contributed by atoms with E-state index in [0.29, 0.717) is 19.2 Å². The van der Waals surface area contributed by atoms with E-state index in [1.54, 1.807) is 11.3 Å². The summed E-state index contributed by atoms with van der Waals surface area (Å²) in [4.78, 5) is 18.9. The fourth-order valence-electron chi connectivity index (χ4n) is 4.50. The molecule has 0 amide bonds. The molecule has 0 aliphatic carbocycles. The molecule has 7 nitrogen and oxygen atoms in total. The molecule has 0 radical (unpaired) electrons. The highest BCUT2D eigenvalue weighted by atomic mass is 32.1. The first-order valence-electron chi connectivity index (χ1n) is 12.2. The van der Waals surface area contributed by atoms with E-state index < -0.39 is 0 Å². The number of nitriles is 1. The average Bonchev–Trinajstić information content (AvgIpc) is 3.33. The molecule has 1 saturated heterocycles. The van der Waals surface area contributed by atoms with Gasteiger partial charge < -0.3 is 9.64 Å². The Kier molecular flexibility index (Phi) is 7.48. The normalized spacial score (nSPS) is 19.3. The fraction of sp³-hybridized carbons (Fsp3) is 0.407. The number of likely N-dealkylation sites (N-methyl/N-ethyl adjacent to an activating group) is 1. The summed E-state index contributed by atoms with van der Waals surface area (Å²) in [5.74, 6) is -0.0714. The van der Waals surface area contributed by atoms with Crippen LogP contribution in [-0.4, -0.2) is 65.8 Å². The first-order chi connectivity index (χ1) is 17.2. The summed E-state index contributed by atoms with van der Waals surface area (Å²) in [5.41, 5.74) is 4.15. The van der Waals surface area contributed by atoms with Crippen LogP contribution in [0.3, 0.4) is 0 Å². The van der Waals surface area contributed by atoms with Gasteiger partial charge in [0.05, 0.1) is 35.2 Å². The summed E-state index contributed by atoms with van der Waals surface area (Å²) >= 11 is 1.64. The summed E-state index contributed by atoms with van der Waals surface area (Å²) in [6.07, 6.45) is 0.240. The lowest BCUT2D eigenvalue weighted by atomic mass is 10.0. The largest absolute Gasteiger partial charge is 0.459 e. The number of amidine groups is 1. The third kappa shape index (κ3) is 5.76. The van der Waals surface area contributed by atoms with Gasteiger partial charge in [-0.25, -0.2) is 15.0 Å². The molecule has 0 saturated carbocycles. The van der Waals surface area contributed by atoms with Crippen molar-refractivity contribution in [3.05, 3.63) is 64.7 Å². The van der Waals surface area contributed by atoms with Crippen molar-refractivity contribution in [3.8, 4) is 6.07 Å². The van der Waals surface area contributed by atoms with Crippen molar-refractivity contribution in [2.75, 3.05) is 39.3 Å². The molecule has 5 rings (SSSR count). The molecular formula is C27H30N6OS. The Morgan fingerprint density at radius 2 is 1.77 bits per heavy atom. The molecule has 0 spiro atoms. The third-order valence-corrected chi connectivity index (χ3v) is 7.78. The topological polar surface area (TPSA) is 77.1 Å². The van der Waals surface area contributed by atoms with E-state index in [-0.39, 0.29) is 12.3 Å². The van der Waals surface area contributed by atoms with Crippen molar-refractivity contribution in [2.24, 2.45) is 9.98 Å². The van der Waals surface area contributed by atoms with E-state index in [4.69, 9.17) is 9.72 Å². The summed E-state index contributed by atoms with van der Waals surface area (Å²) in [7, 11) is 0. The third-order valence-electron chi connectivity index (χ3n) is 6.63. The standard InChI is InChI=1S/C27H30N6OS/c1-2-32-13-15-33(16-14-32)18-20-7-9-21(10-8-20)19-34-27-29-17-22(23(31-27)11-12-28)26-30-24-5-3-4-6-25(24)35-26/h3-10,22H,2,11,13-19H2,1H3. The molecule has 1 atom stereocenters. The van der Waals surface area contributed by atoms with Crippen molar-refractivity contribution in [2.45, 2.75) is 32.4 Å². The number of aromatic nitrogens is 1. The van der Waals surface area contributed by atoms with Gasteiger partial charge in [-0.05, 0) is 29.8 Å². The number of para-hydroxylation sites is 1. The second kappa shape index (κ2) is 11.1. The molecule has 1 unspecified atom stereocenters. The van der Waals surface area contributed by atoms with Crippen LogP contribution in [0.4, 0.5) is 0 Å². The smallest absolute Gasteiger partial charge is 0.311 e. The molecule has 3 heterocycles. The van der Waals surface area contributed by atoms with Crippen LogP contribution < -0.4 is 0 Å². The highest BCUT2D eigenvalue weighted by Crippen LogP contribution is 2.31. The lowest BCUT2D eigenvalue weighted by molar-refractivity contribution is 0.132. The molecule has 1 fully saturated rings. The maximum Gasteiger partial charge on any atom is 0.311 e. The highest BCUT2D eigenvalue weighted by molar-refractivity contribution is 7.18. The van der Waals surface area contributed by atoms with E-state index in [0.717, 1.165) is 65.8 Å². The molecule has 3 aromatic rings. The molecule has 0 N–H and O–H groups in total. The SMILES string of the molecule is CCN1CCN(Cc2ccc(COC3=NCC(c4nc5ccccc5s4)C(CC#N)=N3)cc2)CC1. The number of piperazine rings is 1. The minimum Gasteiger partial charge on any atom is -0.459 e. The zero-order valence-corrected chi connectivity index (χ0v) is 20.9. The van der Waals surface area contributed by atoms with Crippen LogP contribution in [0, 0.1) is 11.3 Å². The fourth-order valence-corrected chi connectivity index (χ4v) is 5.59. The predicted molar refractivity (Wildman–Crippen MR) is 141 cm³/mol. The molecule has 35 heavy (non-hydrogen) atoms. The van der Waals surface area contributed by atoms with Gasteiger partial charge >= 0.3 is 6.02 Å². The van der Waals surface area contributed by atoms with Crippen LogP contribution in [0.25, 0.3) is 10.2 Å². The van der Waals surface area contributed by atoms with Crippen molar-refractivity contribution >= 4 is 33.3 Å². The molecule has 1 aromatic heterocycles. The Morgan fingerprint density at radius 3 is 2.51 bits per heavy atom. The van der Waals surface area contributed by atoms with Crippen LogP contribution in [0.5, 0.6) is 0 Å². The number of hydrogen-bond donors (Lipinski definition) is 0. The van der Waals surface area contributed by atoms with Gasteiger partial charge in [-0.2, -0.15) is 5.26 Å². The zero-order valence-electron chi connectivity index (χ0n) is 20.1. The second-order valence-electron chi connectivity index (χ2n) is 8.95. The van der Waals surface area contributed by atoms with E-state index in [2.05, 4.69) is 63.1 Å². The van der Waals surface area contributed by atoms with Crippen LogP contribution >= 0.6 is 11.3 Å². The molecule has 2 aromatic carbocycles. The van der Waals surface area contributed by atoms with E-state index in [1.807, 2.05) is 18.2 Å². The van der Waals surface area contributed by atoms with Gasteiger partial charge in [0, 0.05) is 38.4 Å². The Hall–Kier alpha value is -3.12. The Morgan fingerprint density at radius 1 is 1.03 bits per heavy atom. The van der Waals surface area contributed by atoms with Crippen molar-refractivity contribution in [1.82, 2.24) is 14.8 Å². The molecule has 8 heteroatoms.